The maximum atomic E-state index is 12.5. The molecule has 24 heavy (non-hydrogen) atoms. The number of aryl methyl sites for hydroxylation is 1. The molecule has 1 aromatic rings. The first-order valence-electron chi connectivity index (χ1n) is 8.57. The number of hydrogen-bond acceptors (Lipinski definition) is 3. The minimum Gasteiger partial charge on any atom is -0.469 e. The van der Waals surface area contributed by atoms with Gasteiger partial charge >= 0.3 is 5.97 Å². The topological polar surface area (TPSA) is 29.5 Å². The number of carbonyl (C=O) groups is 1. The van der Waals surface area contributed by atoms with Gasteiger partial charge in [0.15, 0.2) is 0 Å². The predicted octanol–water partition coefficient (Wildman–Crippen LogP) is 3.08. The molecule has 0 N–H and O–H groups in total. The van der Waals surface area contributed by atoms with Gasteiger partial charge < -0.3 is 4.74 Å². The van der Waals surface area contributed by atoms with Gasteiger partial charge in [-0.2, -0.15) is 0 Å². The van der Waals surface area contributed by atoms with Crippen LogP contribution in [0.1, 0.15) is 36.3 Å². The number of fused-ring (bicyclic) bond motifs is 2. The van der Waals surface area contributed by atoms with Crippen molar-refractivity contribution in [3.63, 3.8) is 0 Å². The van der Waals surface area contributed by atoms with E-state index in [1.165, 1.54) is 18.2 Å². The smallest absolute Gasteiger partial charge is 0.310 e. The van der Waals surface area contributed by atoms with Crippen LogP contribution in [0.5, 0.6) is 0 Å². The highest BCUT2D eigenvalue weighted by atomic mass is 19.1. The van der Waals surface area contributed by atoms with Gasteiger partial charge in [0.05, 0.1) is 19.6 Å². The van der Waals surface area contributed by atoms with Crippen molar-refractivity contribution in [1.29, 1.82) is 0 Å². The Bertz CT molecular complexity index is 646. The number of piperidine rings is 1. The molecule has 0 amide bonds. The molecule has 0 spiro atoms. The van der Waals surface area contributed by atoms with Crippen molar-refractivity contribution in [2.75, 3.05) is 20.3 Å². The molecule has 3 rings (SSSR count). The third-order valence-electron chi connectivity index (χ3n) is 5.50. The Hall–Kier alpha value is -1.86. The Morgan fingerprint density at radius 2 is 2.04 bits per heavy atom. The molecule has 2 aliphatic rings. The molecule has 1 aromatic carbocycles. The zero-order chi connectivity index (χ0) is 17.1. The second-order valence-electron chi connectivity index (χ2n) is 6.76. The largest absolute Gasteiger partial charge is 0.469 e. The van der Waals surface area contributed by atoms with Crippen molar-refractivity contribution >= 4 is 5.97 Å². The number of benzene rings is 1. The number of alkyl halides is 1. The first-order valence-corrected chi connectivity index (χ1v) is 8.57. The van der Waals surface area contributed by atoms with Gasteiger partial charge in [0, 0.05) is 18.0 Å². The maximum absolute atomic E-state index is 12.5. The molecule has 0 radical (unpaired) electrons. The molecule has 128 valence electrons. The molecule has 2 fully saturated rings. The Balaban J connectivity index is 1.89. The normalized spacial score (nSPS) is 29.0. The van der Waals surface area contributed by atoms with Crippen molar-refractivity contribution in [2.24, 2.45) is 5.92 Å². The van der Waals surface area contributed by atoms with E-state index in [1.807, 2.05) is 0 Å². The first kappa shape index (κ1) is 17.0. The molecule has 2 saturated heterocycles. The summed E-state index contributed by atoms with van der Waals surface area (Å²) in [6, 6.07) is 9.02. The molecule has 2 bridgehead atoms. The van der Waals surface area contributed by atoms with E-state index in [2.05, 4.69) is 47.9 Å². The molecule has 4 heteroatoms. The lowest BCUT2D eigenvalue weighted by atomic mass is 9.76. The van der Waals surface area contributed by atoms with Crippen LogP contribution in [0.2, 0.25) is 0 Å². The van der Waals surface area contributed by atoms with Crippen LogP contribution in [-0.4, -0.2) is 43.3 Å². The molecular weight excluding hydrogens is 304 g/mol. The van der Waals surface area contributed by atoms with Crippen LogP contribution < -0.4 is 0 Å². The van der Waals surface area contributed by atoms with E-state index in [0.29, 0.717) is 12.6 Å². The van der Waals surface area contributed by atoms with E-state index in [4.69, 9.17) is 4.74 Å². The van der Waals surface area contributed by atoms with E-state index in [-0.39, 0.29) is 23.8 Å². The minimum atomic E-state index is -0.615. The standard InChI is InChI=1S/C20H24FNO2/c1-14-5-7-15(8-6-14)17-13-16-9-10-18(19(17)20(23)24-2)22(16)12-4-3-11-21/h5-8,16-19H,9-13H2,1-2H3/t16-,17+,18+,19-/m0/s1/i2-1. The summed E-state index contributed by atoms with van der Waals surface area (Å²) in [4.78, 5) is 14.8. The van der Waals surface area contributed by atoms with E-state index in [1.54, 1.807) is 0 Å². The lowest BCUT2D eigenvalue weighted by Gasteiger charge is -2.42. The van der Waals surface area contributed by atoms with Crippen molar-refractivity contribution in [3.05, 3.63) is 35.4 Å². The van der Waals surface area contributed by atoms with Gasteiger partial charge in [-0.15, -0.1) is 0 Å². The maximum Gasteiger partial charge on any atom is 0.310 e. The summed E-state index contributed by atoms with van der Waals surface area (Å²) in [6.07, 6.45) is 2.97. The van der Waals surface area contributed by atoms with Gasteiger partial charge in [0.2, 0.25) is 0 Å². The van der Waals surface area contributed by atoms with Crippen molar-refractivity contribution in [3.8, 4) is 11.8 Å². The fourth-order valence-corrected chi connectivity index (χ4v) is 4.37. The van der Waals surface area contributed by atoms with E-state index < -0.39 is 6.67 Å². The number of carbonyl (C=O) groups excluding carboxylic acids is 1. The van der Waals surface area contributed by atoms with Gasteiger partial charge in [-0.1, -0.05) is 41.7 Å². The Labute approximate surface area is 143 Å². The van der Waals surface area contributed by atoms with Crippen LogP contribution in [0.15, 0.2) is 24.3 Å². The summed E-state index contributed by atoms with van der Waals surface area (Å²) in [6.45, 7) is 1.99. The number of nitrogens with zero attached hydrogens (tertiary/aromatic N) is 1. The lowest BCUT2D eigenvalue weighted by Crippen LogP contribution is -2.51. The molecule has 3 nitrogen and oxygen atoms in total. The molecule has 2 heterocycles. The van der Waals surface area contributed by atoms with Crippen LogP contribution in [0, 0.1) is 24.7 Å². The zero-order valence-electron chi connectivity index (χ0n) is 14.3. The molecule has 2 aliphatic heterocycles. The number of methoxy groups -OCH3 is 1. The summed E-state index contributed by atoms with van der Waals surface area (Å²) in [5.41, 5.74) is 2.43. The second kappa shape index (κ2) is 7.36. The van der Waals surface area contributed by atoms with Gasteiger partial charge in [-0.25, -0.2) is 4.39 Å². The molecule has 0 aliphatic carbocycles. The summed E-state index contributed by atoms with van der Waals surface area (Å²) < 4.78 is 17.4. The summed E-state index contributed by atoms with van der Waals surface area (Å²) in [7, 11) is 1.46. The van der Waals surface area contributed by atoms with Gasteiger partial charge in [-0.3, -0.25) is 9.69 Å². The average molecular weight is 328 g/mol. The van der Waals surface area contributed by atoms with Crippen LogP contribution >= 0.6 is 0 Å². The predicted molar refractivity (Wildman–Crippen MR) is 91.3 cm³/mol. The van der Waals surface area contributed by atoms with Crippen LogP contribution in [-0.2, 0) is 9.53 Å². The van der Waals surface area contributed by atoms with E-state index >= 15 is 0 Å². The van der Waals surface area contributed by atoms with Gasteiger partial charge in [0.25, 0.3) is 0 Å². The third-order valence-corrected chi connectivity index (χ3v) is 5.50. The van der Waals surface area contributed by atoms with Crippen LogP contribution in [0.25, 0.3) is 0 Å². The second-order valence-corrected chi connectivity index (χ2v) is 6.76. The lowest BCUT2D eigenvalue weighted by molar-refractivity contribution is -0.150. The first-order chi connectivity index (χ1) is 11.7. The summed E-state index contributed by atoms with van der Waals surface area (Å²) >= 11 is 0. The zero-order valence-corrected chi connectivity index (χ0v) is 14.3. The van der Waals surface area contributed by atoms with Crippen molar-refractivity contribution in [1.82, 2.24) is 4.90 Å². The van der Waals surface area contributed by atoms with Crippen LogP contribution in [0.3, 0.4) is 0 Å². The summed E-state index contributed by atoms with van der Waals surface area (Å²) in [5.74, 6) is 5.25. The van der Waals surface area contributed by atoms with Crippen molar-refractivity contribution in [2.45, 2.75) is 44.2 Å². The Morgan fingerprint density at radius 1 is 1.29 bits per heavy atom. The SMILES string of the molecule is Cc1ccc([C@H]2C[C@@H]3CC[C@H]([C@H]2C(=O)O[11CH3])N3CC#CCF)cc1. The molecule has 0 aromatic heterocycles. The Morgan fingerprint density at radius 3 is 2.71 bits per heavy atom. The average Bonchev–Trinajstić information content (AvgIpc) is 2.87. The fraction of sp³-hybridized carbons (Fsp3) is 0.550. The molecule has 0 saturated carbocycles. The number of hydrogen-bond donors (Lipinski definition) is 0. The van der Waals surface area contributed by atoms with E-state index in [9.17, 15) is 9.18 Å². The Kier molecular flexibility index (Phi) is 5.20. The highest BCUT2D eigenvalue weighted by molar-refractivity contribution is 5.75. The quantitative estimate of drug-likeness (QED) is 0.631. The van der Waals surface area contributed by atoms with E-state index in [0.717, 1.165) is 19.3 Å². The van der Waals surface area contributed by atoms with Crippen LogP contribution in [0.4, 0.5) is 4.39 Å². The van der Waals surface area contributed by atoms with Crippen molar-refractivity contribution < 1.29 is 13.9 Å². The van der Waals surface area contributed by atoms with Gasteiger partial charge in [-0.05, 0) is 31.7 Å². The number of rotatable bonds is 3. The number of halogens is 1. The molecule has 0 unspecified atom stereocenters. The highest BCUT2D eigenvalue weighted by Crippen LogP contribution is 2.47. The summed E-state index contributed by atoms with van der Waals surface area (Å²) in [5, 5.41) is 0. The highest BCUT2D eigenvalue weighted by Gasteiger charge is 2.50. The third kappa shape index (κ3) is 3.18. The monoisotopic (exact) mass is 328 g/mol. The minimum absolute atomic E-state index is 0.136. The van der Waals surface area contributed by atoms with Gasteiger partial charge in [0.1, 0.15) is 6.67 Å². The molecule has 4 atom stereocenters. The fourth-order valence-electron chi connectivity index (χ4n) is 4.37. The number of ether oxygens (including phenoxy) is 1. The molecular formula is C20H24FNO2. The number of esters is 1.